The number of amides is 1. The first-order valence-corrected chi connectivity index (χ1v) is 11.0. The molecular weight excluding hydrogens is 404 g/mol. The number of furan rings is 1. The zero-order chi connectivity index (χ0) is 20.1. The minimum atomic E-state index is -0.201. The SMILES string of the molecule is CC(NC(=O)CSc1nnc(NCc2ccccc2)s1)c1cc2ccccc2o1. The second-order valence-electron chi connectivity index (χ2n) is 6.48. The molecule has 2 aromatic heterocycles. The number of anilines is 1. The van der Waals surface area contributed by atoms with Crippen LogP contribution < -0.4 is 10.6 Å². The predicted molar refractivity (Wildman–Crippen MR) is 117 cm³/mol. The van der Waals surface area contributed by atoms with Gasteiger partial charge in [-0.15, -0.1) is 10.2 Å². The molecule has 1 atom stereocenters. The lowest BCUT2D eigenvalue weighted by atomic mass is 10.2. The Morgan fingerprint density at radius 3 is 2.76 bits per heavy atom. The van der Waals surface area contributed by atoms with Crippen molar-refractivity contribution in [1.82, 2.24) is 15.5 Å². The standard InChI is InChI=1S/C21H20N4O2S2/c1-14(18-11-16-9-5-6-10-17(16)27-18)23-19(26)13-28-21-25-24-20(29-21)22-12-15-7-3-2-4-8-15/h2-11,14H,12-13H2,1H3,(H,22,24)(H,23,26). The van der Waals surface area contributed by atoms with Crippen LogP contribution in [0.25, 0.3) is 11.0 Å². The summed E-state index contributed by atoms with van der Waals surface area (Å²) in [5, 5.41) is 16.3. The Hall–Kier alpha value is -2.84. The van der Waals surface area contributed by atoms with Gasteiger partial charge in [0.25, 0.3) is 0 Å². The number of carbonyl (C=O) groups is 1. The van der Waals surface area contributed by atoms with Crippen molar-refractivity contribution in [3.8, 4) is 0 Å². The monoisotopic (exact) mass is 424 g/mol. The van der Waals surface area contributed by atoms with E-state index in [9.17, 15) is 4.79 Å². The van der Waals surface area contributed by atoms with Gasteiger partial charge in [-0.05, 0) is 24.6 Å². The first-order chi connectivity index (χ1) is 14.2. The van der Waals surface area contributed by atoms with Crippen LogP contribution in [0, 0.1) is 0 Å². The van der Waals surface area contributed by atoms with E-state index in [0.717, 1.165) is 26.2 Å². The summed E-state index contributed by atoms with van der Waals surface area (Å²) in [6.45, 7) is 2.60. The Morgan fingerprint density at radius 2 is 1.93 bits per heavy atom. The number of rotatable bonds is 8. The van der Waals surface area contributed by atoms with Crippen LogP contribution in [0.5, 0.6) is 0 Å². The van der Waals surface area contributed by atoms with E-state index in [-0.39, 0.29) is 17.7 Å². The molecule has 2 N–H and O–H groups in total. The number of benzene rings is 2. The molecule has 0 saturated carbocycles. The fraction of sp³-hybridized carbons (Fsp3) is 0.190. The van der Waals surface area contributed by atoms with Gasteiger partial charge in [0, 0.05) is 11.9 Å². The van der Waals surface area contributed by atoms with E-state index in [2.05, 4.69) is 33.0 Å². The summed E-state index contributed by atoms with van der Waals surface area (Å²) in [4.78, 5) is 12.3. The van der Waals surface area contributed by atoms with Crippen LogP contribution >= 0.6 is 23.1 Å². The summed E-state index contributed by atoms with van der Waals surface area (Å²) in [5.74, 6) is 0.947. The second kappa shape index (κ2) is 9.11. The van der Waals surface area contributed by atoms with Gasteiger partial charge in [0.15, 0.2) is 4.34 Å². The Bertz CT molecular complexity index is 1060. The molecule has 2 aromatic carbocycles. The number of nitrogens with one attached hydrogen (secondary N) is 2. The highest BCUT2D eigenvalue weighted by molar-refractivity contribution is 8.01. The van der Waals surface area contributed by atoms with Crippen LogP contribution in [0.1, 0.15) is 24.3 Å². The van der Waals surface area contributed by atoms with Crippen LogP contribution in [0.15, 0.2) is 69.4 Å². The minimum Gasteiger partial charge on any atom is -0.459 e. The molecule has 2 heterocycles. The first-order valence-electron chi connectivity index (χ1n) is 9.19. The fourth-order valence-electron chi connectivity index (χ4n) is 2.81. The average Bonchev–Trinajstić information content (AvgIpc) is 3.38. The van der Waals surface area contributed by atoms with Gasteiger partial charge in [0.05, 0.1) is 11.8 Å². The third-order valence-electron chi connectivity index (χ3n) is 4.27. The average molecular weight is 425 g/mol. The van der Waals surface area contributed by atoms with Gasteiger partial charge in [0.1, 0.15) is 11.3 Å². The molecule has 0 aliphatic heterocycles. The lowest BCUT2D eigenvalue weighted by molar-refractivity contribution is -0.119. The van der Waals surface area contributed by atoms with Gasteiger partial charge in [0.2, 0.25) is 11.0 Å². The summed E-state index contributed by atoms with van der Waals surface area (Å²) >= 11 is 2.82. The molecule has 1 amide bonds. The van der Waals surface area contributed by atoms with Crippen molar-refractivity contribution in [3.05, 3.63) is 72.0 Å². The van der Waals surface area contributed by atoms with Crippen molar-refractivity contribution in [1.29, 1.82) is 0 Å². The summed E-state index contributed by atoms with van der Waals surface area (Å²) in [7, 11) is 0. The van der Waals surface area contributed by atoms with Gasteiger partial charge in [-0.3, -0.25) is 4.79 Å². The molecule has 148 valence electrons. The maximum absolute atomic E-state index is 12.3. The van der Waals surface area contributed by atoms with Gasteiger partial charge in [-0.25, -0.2) is 0 Å². The molecule has 8 heteroatoms. The smallest absolute Gasteiger partial charge is 0.231 e. The van der Waals surface area contributed by atoms with Crippen LogP contribution in [0.4, 0.5) is 5.13 Å². The van der Waals surface area contributed by atoms with E-state index in [1.807, 2.05) is 55.5 Å². The molecule has 0 spiro atoms. The molecule has 0 radical (unpaired) electrons. The molecule has 4 aromatic rings. The van der Waals surface area contributed by atoms with E-state index in [1.54, 1.807) is 0 Å². The summed E-state index contributed by atoms with van der Waals surface area (Å²) in [5.41, 5.74) is 2.00. The number of fused-ring (bicyclic) bond motifs is 1. The Labute approximate surface area is 176 Å². The lowest BCUT2D eigenvalue weighted by Crippen LogP contribution is -2.27. The molecule has 0 aliphatic carbocycles. The van der Waals surface area contributed by atoms with Crippen LogP contribution in [0.2, 0.25) is 0 Å². The van der Waals surface area contributed by atoms with Crippen molar-refractivity contribution in [2.45, 2.75) is 23.8 Å². The van der Waals surface area contributed by atoms with E-state index in [1.165, 1.54) is 28.7 Å². The van der Waals surface area contributed by atoms with Crippen molar-refractivity contribution >= 4 is 45.1 Å². The molecule has 0 saturated heterocycles. The topological polar surface area (TPSA) is 80.0 Å². The maximum atomic E-state index is 12.3. The number of nitrogens with zero attached hydrogens (tertiary/aromatic N) is 2. The lowest BCUT2D eigenvalue weighted by Gasteiger charge is -2.10. The number of aromatic nitrogens is 2. The van der Waals surface area contributed by atoms with Crippen molar-refractivity contribution in [3.63, 3.8) is 0 Å². The molecule has 0 bridgehead atoms. The number of thioether (sulfide) groups is 1. The first kappa shape index (κ1) is 19.5. The number of para-hydroxylation sites is 1. The number of carbonyl (C=O) groups excluding carboxylic acids is 1. The molecule has 0 aliphatic rings. The third kappa shape index (κ3) is 5.16. The van der Waals surface area contributed by atoms with E-state index < -0.39 is 0 Å². The molecule has 6 nitrogen and oxygen atoms in total. The van der Waals surface area contributed by atoms with Gasteiger partial charge >= 0.3 is 0 Å². The maximum Gasteiger partial charge on any atom is 0.231 e. The second-order valence-corrected chi connectivity index (χ2v) is 8.68. The highest BCUT2D eigenvalue weighted by atomic mass is 32.2. The van der Waals surface area contributed by atoms with Gasteiger partial charge in [-0.2, -0.15) is 0 Å². The number of hydrogen-bond donors (Lipinski definition) is 2. The van der Waals surface area contributed by atoms with E-state index in [4.69, 9.17) is 4.42 Å². The highest BCUT2D eigenvalue weighted by Crippen LogP contribution is 2.26. The summed E-state index contributed by atoms with van der Waals surface area (Å²) in [6, 6.07) is 19.7. The largest absolute Gasteiger partial charge is 0.459 e. The fourth-order valence-corrected chi connectivity index (χ4v) is 4.37. The Balaban J connectivity index is 1.25. The summed E-state index contributed by atoms with van der Waals surface area (Å²) < 4.78 is 6.57. The molecule has 29 heavy (non-hydrogen) atoms. The van der Waals surface area contributed by atoms with Crippen molar-refractivity contribution in [2.75, 3.05) is 11.1 Å². The van der Waals surface area contributed by atoms with Crippen LogP contribution in [-0.2, 0) is 11.3 Å². The van der Waals surface area contributed by atoms with Crippen LogP contribution in [0.3, 0.4) is 0 Å². The van der Waals surface area contributed by atoms with E-state index >= 15 is 0 Å². The van der Waals surface area contributed by atoms with Gasteiger partial charge < -0.3 is 15.1 Å². The zero-order valence-electron chi connectivity index (χ0n) is 15.8. The zero-order valence-corrected chi connectivity index (χ0v) is 17.4. The molecule has 4 rings (SSSR count). The molecule has 1 unspecified atom stereocenters. The van der Waals surface area contributed by atoms with Crippen molar-refractivity contribution < 1.29 is 9.21 Å². The van der Waals surface area contributed by atoms with Crippen LogP contribution in [-0.4, -0.2) is 21.9 Å². The number of hydrogen-bond acceptors (Lipinski definition) is 7. The minimum absolute atomic E-state index is 0.0723. The normalized spacial score (nSPS) is 12.0. The van der Waals surface area contributed by atoms with Gasteiger partial charge in [-0.1, -0.05) is 71.6 Å². The highest BCUT2D eigenvalue weighted by Gasteiger charge is 2.15. The summed E-state index contributed by atoms with van der Waals surface area (Å²) in [6.07, 6.45) is 0. The third-order valence-corrected chi connectivity index (χ3v) is 6.28. The Kier molecular flexibility index (Phi) is 6.12. The quantitative estimate of drug-likeness (QED) is 0.393. The Morgan fingerprint density at radius 1 is 1.14 bits per heavy atom. The molecule has 0 fully saturated rings. The molecular formula is C21H20N4O2S2. The predicted octanol–water partition coefficient (Wildman–Crippen LogP) is 4.87. The van der Waals surface area contributed by atoms with E-state index in [0.29, 0.717) is 6.54 Å². The van der Waals surface area contributed by atoms with Crippen molar-refractivity contribution in [2.24, 2.45) is 0 Å².